The van der Waals surface area contributed by atoms with E-state index in [-0.39, 0.29) is 0 Å². The number of rotatable bonds is 13. The Balaban J connectivity index is 2.38. The lowest BCUT2D eigenvalue weighted by Gasteiger charge is -2.26. The Morgan fingerprint density at radius 3 is 2.33 bits per heavy atom. The molecule has 0 radical (unpaired) electrons. The summed E-state index contributed by atoms with van der Waals surface area (Å²) in [5, 5.41) is 12.8. The maximum absolute atomic E-state index is 11.4. The maximum atomic E-state index is 11.4. The summed E-state index contributed by atoms with van der Waals surface area (Å²) in [7, 11) is 0. The van der Waals surface area contributed by atoms with Crippen LogP contribution in [0.4, 0.5) is 0 Å². The van der Waals surface area contributed by atoms with Crippen LogP contribution in [-0.4, -0.2) is 23.2 Å². The van der Waals surface area contributed by atoms with Gasteiger partial charge in [0, 0.05) is 6.54 Å². The standard InChI is InChI=1S/C20H33NO3/c1-4-6-7-8-9-15-21-16-17-10-12-18(13-11-17)24-20(3,14-5-2)19(22)23/h10-13,21H,4-9,14-16H2,1-3H3,(H,22,23). The summed E-state index contributed by atoms with van der Waals surface area (Å²) in [6.45, 7) is 7.69. The number of nitrogens with one attached hydrogen (secondary N) is 1. The number of hydrogen-bond donors (Lipinski definition) is 2. The minimum absolute atomic E-state index is 0.490. The second kappa shape index (κ2) is 11.1. The van der Waals surface area contributed by atoms with E-state index in [0.717, 1.165) is 19.5 Å². The van der Waals surface area contributed by atoms with Crippen LogP contribution < -0.4 is 10.1 Å². The van der Waals surface area contributed by atoms with E-state index in [1.54, 1.807) is 6.92 Å². The van der Waals surface area contributed by atoms with Crippen molar-refractivity contribution in [2.24, 2.45) is 0 Å². The van der Waals surface area contributed by atoms with Gasteiger partial charge in [-0.3, -0.25) is 0 Å². The predicted molar refractivity (Wildman–Crippen MR) is 98.5 cm³/mol. The van der Waals surface area contributed by atoms with E-state index in [9.17, 15) is 9.90 Å². The molecule has 0 saturated heterocycles. The summed E-state index contributed by atoms with van der Waals surface area (Å²) in [4.78, 5) is 11.4. The van der Waals surface area contributed by atoms with Crippen molar-refractivity contribution in [1.82, 2.24) is 5.32 Å². The molecule has 0 aliphatic carbocycles. The van der Waals surface area contributed by atoms with Gasteiger partial charge in [-0.25, -0.2) is 4.79 Å². The van der Waals surface area contributed by atoms with Crippen LogP contribution in [0.5, 0.6) is 5.75 Å². The highest BCUT2D eigenvalue weighted by Gasteiger charge is 2.34. The van der Waals surface area contributed by atoms with Gasteiger partial charge >= 0.3 is 5.97 Å². The molecule has 1 atom stereocenters. The molecule has 1 aromatic carbocycles. The van der Waals surface area contributed by atoms with Crippen molar-refractivity contribution in [1.29, 1.82) is 0 Å². The van der Waals surface area contributed by atoms with Gasteiger partial charge in [0.25, 0.3) is 0 Å². The normalized spacial score (nSPS) is 13.5. The zero-order valence-electron chi connectivity index (χ0n) is 15.4. The van der Waals surface area contributed by atoms with E-state index in [1.807, 2.05) is 31.2 Å². The van der Waals surface area contributed by atoms with Gasteiger partial charge in [-0.2, -0.15) is 0 Å². The smallest absolute Gasteiger partial charge is 0.347 e. The lowest BCUT2D eigenvalue weighted by Crippen LogP contribution is -2.41. The molecule has 0 amide bonds. The molecule has 1 rings (SSSR count). The first kappa shape index (κ1) is 20.5. The third-order valence-electron chi connectivity index (χ3n) is 4.23. The van der Waals surface area contributed by atoms with Gasteiger partial charge in [0.05, 0.1) is 0 Å². The fourth-order valence-corrected chi connectivity index (χ4v) is 2.70. The summed E-state index contributed by atoms with van der Waals surface area (Å²) in [6, 6.07) is 7.70. The summed E-state index contributed by atoms with van der Waals surface area (Å²) >= 11 is 0. The third kappa shape index (κ3) is 7.35. The van der Waals surface area contributed by atoms with E-state index in [1.165, 1.54) is 37.7 Å². The van der Waals surface area contributed by atoms with Crippen LogP contribution in [-0.2, 0) is 11.3 Å². The van der Waals surface area contributed by atoms with E-state index in [2.05, 4.69) is 12.2 Å². The number of benzene rings is 1. The van der Waals surface area contributed by atoms with Gasteiger partial charge < -0.3 is 15.2 Å². The number of ether oxygens (including phenoxy) is 1. The van der Waals surface area contributed by atoms with Crippen LogP contribution in [0, 0.1) is 0 Å². The lowest BCUT2D eigenvalue weighted by atomic mass is 10.0. The molecular weight excluding hydrogens is 302 g/mol. The topological polar surface area (TPSA) is 58.6 Å². The average molecular weight is 335 g/mol. The monoisotopic (exact) mass is 335 g/mol. The second-order valence-corrected chi connectivity index (χ2v) is 6.62. The highest BCUT2D eigenvalue weighted by molar-refractivity contribution is 5.77. The maximum Gasteiger partial charge on any atom is 0.347 e. The molecule has 0 aliphatic rings. The fourth-order valence-electron chi connectivity index (χ4n) is 2.70. The molecule has 0 spiro atoms. The van der Waals surface area contributed by atoms with Gasteiger partial charge in [0.2, 0.25) is 5.60 Å². The fraction of sp³-hybridized carbons (Fsp3) is 0.650. The van der Waals surface area contributed by atoms with Crippen LogP contribution in [0.3, 0.4) is 0 Å². The Bertz CT molecular complexity index is 472. The van der Waals surface area contributed by atoms with Crippen molar-refractivity contribution in [3.63, 3.8) is 0 Å². The van der Waals surface area contributed by atoms with Crippen LogP contribution >= 0.6 is 0 Å². The molecule has 4 nitrogen and oxygen atoms in total. The minimum atomic E-state index is -1.16. The number of hydrogen-bond acceptors (Lipinski definition) is 3. The highest BCUT2D eigenvalue weighted by atomic mass is 16.5. The molecule has 0 bridgehead atoms. The van der Waals surface area contributed by atoms with Crippen LogP contribution in [0.2, 0.25) is 0 Å². The summed E-state index contributed by atoms with van der Waals surface area (Å²) in [5.41, 5.74) is 0.0240. The van der Waals surface area contributed by atoms with Crippen LogP contribution in [0.25, 0.3) is 0 Å². The molecule has 1 aromatic rings. The van der Waals surface area contributed by atoms with E-state index in [4.69, 9.17) is 4.74 Å². The Kier molecular flexibility index (Phi) is 9.46. The third-order valence-corrected chi connectivity index (χ3v) is 4.23. The predicted octanol–water partition coefficient (Wildman–Crippen LogP) is 4.77. The average Bonchev–Trinajstić information content (AvgIpc) is 2.55. The van der Waals surface area contributed by atoms with Gasteiger partial charge in [0.1, 0.15) is 5.75 Å². The molecule has 2 N–H and O–H groups in total. The number of carboxylic acid groups (broad SMARTS) is 1. The first-order valence-corrected chi connectivity index (χ1v) is 9.24. The van der Waals surface area contributed by atoms with Crippen molar-refractivity contribution in [3.05, 3.63) is 29.8 Å². The van der Waals surface area contributed by atoms with Gasteiger partial charge in [0.15, 0.2) is 0 Å². The SMILES string of the molecule is CCCCCCCNCc1ccc(OC(C)(CCC)C(=O)O)cc1. The van der Waals surface area contributed by atoms with Crippen molar-refractivity contribution in [2.45, 2.75) is 77.9 Å². The minimum Gasteiger partial charge on any atom is -0.478 e. The molecular formula is C20H33NO3. The van der Waals surface area contributed by atoms with E-state index < -0.39 is 11.6 Å². The summed E-state index contributed by atoms with van der Waals surface area (Å²) < 4.78 is 5.72. The second-order valence-electron chi connectivity index (χ2n) is 6.62. The van der Waals surface area contributed by atoms with E-state index >= 15 is 0 Å². The Hall–Kier alpha value is -1.55. The van der Waals surface area contributed by atoms with Gasteiger partial charge in [-0.05, 0) is 44.0 Å². The molecule has 4 heteroatoms. The quantitative estimate of drug-likeness (QED) is 0.510. The lowest BCUT2D eigenvalue weighted by molar-refractivity contribution is -0.154. The molecule has 24 heavy (non-hydrogen) atoms. The highest BCUT2D eigenvalue weighted by Crippen LogP contribution is 2.23. The zero-order valence-corrected chi connectivity index (χ0v) is 15.4. The number of carbonyl (C=O) groups is 1. The Morgan fingerprint density at radius 1 is 1.08 bits per heavy atom. The van der Waals surface area contributed by atoms with Crippen molar-refractivity contribution in [2.75, 3.05) is 6.54 Å². The summed E-state index contributed by atoms with van der Waals surface area (Å²) in [6.07, 6.45) is 7.70. The number of carboxylic acids is 1. The van der Waals surface area contributed by atoms with Crippen molar-refractivity contribution < 1.29 is 14.6 Å². The number of aliphatic carboxylic acids is 1. The Morgan fingerprint density at radius 2 is 1.75 bits per heavy atom. The molecule has 0 heterocycles. The molecule has 136 valence electrons. The molecule has 0 fully saturated rings. The van der Waals surface area contributed by atoms with Gasteiger partial charge in [-0.15, -0.1) is 0 Å². The van der Waals surface area contributed by atoms with Crippen LogP contribution in [0.1, 0.15) is 71.3 Å². The zero-order chi connectivity index (χ0) is 17.8. The molecule has 0 aromatic heterocycles. The van der Waals surface area contributed by atoms with Crippen molar-refractivity contribution in [3.8, 4) is 5.75 Å². The first-order valence-electron chi connectivity index (χ1n) is 9.24. The van der Waals surface area contributed by atoms with Crippen LogP contribution in [0.15, 0.2) is 24.3 Å². The van der Waals surface area contributed by atoms with E-state index in [0.29, 0.717) is 12.2 Å². The largest absolute Gasteiger partial charge is 0.478 e. The summed E-state index contributed by atoms with van der Waals surface area (Å²) in [5.74, 6) is -0.310. The van der Waals surface area contributed by atoms with Crippen molar-refractivity contribution >= 4 is 5.97 Å². The van der Waals surface area contributed by atoms with Gasteiger partial charge in [-0.1, -0.05) is 58.1 Å². The number of unbranched alkanes of at least 4 members (excludes halogenated alkanes) is 4. The Labute approximate surface area is 146 Å². The molecule has 0 saturated carbocycles. The first-order chi connectivity index (χ1) is 11.5. The molecule has 0 aliphatic heterocycles. The molecule has 1 unspecified atom stereocenters.